The number of hydrogen-bond donors (Lipinski definition) is 1. The Morgan fingerprint density at radius 3 is 2.80 bits per heavy atom. The van der Waals surface area contributed by atoms with Gasteiger partial charge in [0.2, 0.25) is 0 Å². The van der Waals surface area contributed by atoms with Crippen molar-refractivity contribution in [3.05, 3.63) is 17.7 Å². The minimum absolute atomic E-state index is 0.00364. The van der Waals surface area contributed by atoms with Gasteiger partial charge in [0.1, 0.15) is 23.3 Å². The zero-order valence-corrected chi connectivity index (χ0v) is 15.1. The number of piperidine rings is 1. The van der Waals surface area contributed by atoms with E-state index in [-0.39, 0.29) is 18.2 Å². The first kappa shape index (κ1) is 17.2. The maximum absolute atomic E-state index is 12.4. The van der Waals surface area contributed by atoms with Crippen LogP contribution < -0.4 is 15.4 Å². The Kier molecular flexibility index (Phi) is 4.15. The molecule has 0 saturated carbocycles. The van der Waals surface area contributed by atoms with Crippen LogP contribution in [0.2, 0.25) is 0 Å². The van der Waals surface area contributed by atoms with Crippen molar-refractivity contribution < 1.29 is 14.3 Å². The summed E-state index contributed by atoms with van der Waals surface area (Å²) in [7, 11) is 1.95. The van der Waals surface area contributed by atoms with Crippen LogP contribution in [0, 0.1) is 11.3 Å². The molecule has 0 aliphatic carbocycles. The maximum atomic E-state index is 12.4. The van der Waals surface area contributed by atoms with Crippen molar-refractivity contribution in [2.24, 2.45) is 0 Å². The van der Waals surface area contributed by atoms with Gasteiger partial charge in [0.15, 0.2) is 5.75 Å². The van der Waals surface area contributed by atoms with E-state index in [4.69, 9.17) is 15.2 Å². The molecule has 1 aromatic rings. The van der Waals surface area contributed by atoms with E-state index in [1.54, 1.807) is 11.0 Å². The van der Waals surface area contributed by atoms with E-state index in [9.17, 15) is 10.1 Å². The number of rotatable bonds is 0. The SMILES string of the molecule is CN1c2ccc(N)c(C#N)c2O[C@@H]2CCN(C(=O)OC(C)(C)C)C[C@@H]21. The number of carbonyl (C=O) groups is 1. The number of benzene rings is 1. The minimum Gasteiger partial charge on any atom is -0.484 e. The van der Waals surface area contributed by atoms with Gasteiger partial charge in [-0.2, -0.15) is 5.26 Å². The van der Waals surface area contributed by atoms with Gasteiger partial charge in [0, 0.05) is 26.6 Å². The number of nitrogen functional groups attached to an aromatic ring is 1. The molecule has 0 aromatic heterocycles. The Labute approximate surface area is 147 Å². The first-order chi connectivity index (χ1) is 11.7. The fourth-order valence-corrected chi connectivity index (χ4v) is 3.34. The number of hydrogen-bond acceptors (Lipinski definition) is 6. The van der Waals surface area contributed by atoms with Gasteiger partial charge >= 0.3 is 6.09 Å². The Balaban J connectivity index is 1.84. The molecule has 3 rings (SSSR count). The number of nitriles is 1. The number of amides is 1. The summed E-state index contributed by atoms with van der Waals surface area (Å²) in [5.41, 5.74) is 6.99. The molecule has 25 heavy (non-hydrogen) atoms. The van der Waals surface area contributed by atoms with Crippen LogP contribution in [0.25, 0.3) is 0 Å². The van der Waals surface area contributed by atoms with E-state index >= 15 is 0 Å². The third-order valence-corrected chi connectivity index (χ3v) is 4.60. The van der Waals surface area contributed by atoms with E-state index in [1.807, 2.05) is 33.9 Å². The zero-order chi connectivity index (χ0) is 18.4. The van der Waals surface area contributed by atoms with E-state index in [1.165, 1.54) is 0 Å². The van der Waals surface area contributed by atoms with Gasteiger partial charge < -0.3 is 25.0 Å². The summed E-state index contributed by atoms with van der Waals surface area (Å²) in [5, 5.41) is 9.38. The molecule has 7 nitrogen and oxygen atoms in total. The number of carbonyl (C=O) groups excluding carboxylic acids is 1. The third kappa shape index (κ3) is 3.16. The molecule has 1 saturated heterocycles. The van der Waals surface area contributed by atoms with Crippen molar-refractivity contribution in [2.75, 3.05) is 30.8 Å². The molecule has 7 heteroatoms. The van der Waals surface area contributed by atoms with Crippen molar-refractivity contribution in [1.29, 1.82) is 5.26 Å². The molecule has 0 unspecified atom stereocenters. The standard InChI is InChI=1S/C18H24N4O3/c1-18(2,3)25-17(23)22-8-7-15-14(10-22)21(4)13-6-5-12(20)11(9-19)16(13)24-15/h5-6,14-15H,7-8,10,20H2,1-4H3/t14-,15+/m0/s1. The van der Waals surface area contributed by atoms with Crippen molar-refractivity contribution in [1.82, 2.24) is 4.90 Å². The lowest BCUT2D eigenvalue weighted by atomic mass is 9.97. The van der Waals surface area contributed by atoms with Crippen molar-refractivity contribution in [3.8, 4) is 11.8 Å². The summed E-state index contributed by atoms with van der Waals surface area (Å²) >= 11 is 0. The Morgan fingerprint density at radius 1 is 1.44 bits per heavy atom. The van der Waals surface area contributed by atoms with Crippen LogP contribution in [0.1, 0.15) is 32.8 Å². The lowest BCUT2D eigenvalue weighted by Crippen LogP contribution is -2.59. The summed E-state index contributed by atoms with van der Waals surface area (Å²) in [6, 6.07) is 5.70. The molecule has 0 bridgehead atoms. The summed E-state index contributed by atoms with van der Waals surface area (Å²) < 4.78 is 11.6. The molecule has 0 spiro atoms. The highest BCUT2D eigenvalue weighted by Crippen LogP contribution is 2.42. The first-order valence-corrected chi connectivity index (χ1v) is 8.41. The predicted octanol–water partition coefficient (Wildman–Crippen LogP) is 2.35. The minimum atomic E-state index is -0.519. The number of fused-ring (bicyclic) bond motifs is 2. The second-order valence-corrected chi connectivity index (χ2v) is 7.54. The Hall–Kier alpha value is -2.62. The molecule has 2 aliphatic rings. The van der Waals surface area contributed by atoms with Crippen LogP contribution in [0.4, 0.5) is 16.2 Å². The van der Waals surface area contributed by atoms with Gasteiger partial charge in [-0.05, 0) is 32.9 Å². The second-order valence-electron chi connectivity index (χ2n) is 7.54. The van der Waals surface area contributed by atoms with Crippen molar-refractivity contribution in [3.63, 3.8) is 0 Å². The van der Waals surface area contributed by atoms with Crippen molar-refractivity contribution >= 4 is 17.5 Å². The van der Waals surface area contributed by atoms with Crippen LogP contribution in [-0.2, 0) is 4.74 Å². The lowest BCUT2D eigenvalue weighted by Gasteiger charge is -2.47. The van der Waals surface area contributed by atoms with Crippen molar-refractivity contribution in [2.45, 2.75) is 44.9 Å². The molecular weight excluding hydrogens is 320 g/mol. The third-order valence-electron chi connectivity index (χ3n) is 4.60. The van der Waals surface area contributed by atoms with E-state index < -0.39 is 5.60 Å². The molecule has 1 amide bonds. The highest BCUT2D eigenvalue weighted by molar-refractivity contribution is 5.75. The summed E-state index contributed by atoms with van der Waals surface area (Å²) in [5.74, 6) is 0.539. The van der Waals surface area contributed by atoms with Crippen LogP contribution in [0.5, 0.6) is 5.75 Å². The fraction of sp³-hybridized carbons (Fsp3) is 0.556. The zero-order valence-electron chi connectivity index (χ0n) is 15.1. The molecular formula is C18H24N4O3. The van der Waals surface area contributed by atoms with E-state index in [2.05, 4.69) is 11.0 Å². The van der Waals surface area contributed by atoms with Gasteiger partial charge in [-0.15, -0.1) is 0 Å². The van der Waals surface area contributed by atoms with E-state index in [0.717, 1.165) is 5.69 Å². The highest BCUT2D eigenvalue weighted by atomic mass is 16.6. The average Bonchev–Trinajstić information content (AvgIpc) is 2.53. The number of ether oxygens (including phenoxy) is 2. The maximum Gasteiger partial charge on any atom is 0.410 e. The Morgan fingerprint density at radius 2 is 2.16 bits per heavy atom. The fourth-order valence-electron chi connectivity index (χ4n) is 3.34. The Bertz CT molecular complexity index is 735. The summed E-state index contributed by atoms with van der Waals surface area (Å²) in [4.78, 5) is 16.2. The lowest BCUT2D eigenvalue weighted by molar-refractivity contribution is 0.00612. The molecule has 2 N–H and O–H groups in total. The number of nitrogens with two attached hydrogens (primary N) is 1. The second kappa shape index (κ2) is 6.03. The summed E-state index contributed by atoms with van der Waals surface area (Å²) in [6.07, 6.45) is 0.276. The number of nitrogens with zero attached hydrogens (tertiary/aromatic N) is 3. The molecule has 1 aromatic carbocycles. The molecule has 2 heterocycles. The first-order valence-electron chi connectivity index (χ1n) is 8.41. The molecule has 1 fully saturated rings. The quantitative estimate of drug-likeness (QED) is 0.726. The van der Waals surface area contributed by atoms with Gasteiger partial charge in [0.05, 0.1) is 17.4 Å². The highest BCUT2D eigenvalue weighted by Gasteiger charge is 2.41. The number of anilines is 2. The average molecular weight is 344 g/mol. The smallest absolute Gasteiger partial charge is 0.410 e. The topological polar surface area (TPSA) is 91.8 Å². The van der Waals surface area contributed by atoms with Gasteiger partial charge in [-0.1, -0.05) is 0 Å². The summed E-state index contributed by atoms with van der Waals surface area (Å²) in [6.45, 7) is 6.65. The largest absolute Gasteiger partial charge is 0.484 e. The van der Waals surface area contributed by atoms with Crippen LogP contribution in [0.15, 0.2) is 12.1 Å². The molecule has 0 radical (unpaired) electrons. The molecule has 2 atom stereocenters. The molecule has 2 aliphatic heterocycles. The number of likely N-dealkylation sites (tertiary alicyclic amines) is 1. The predicted molar refractivity (Wildman–Crippen MR) is 94.6 cm³/mol. The van der Waals surface area contributed by atoms with Crippen LogP contribution >= 0.6 is 0 Å². The van der Waals surface area contributed by atoms with Crippen LogP contribution in [-0.4, -0.2) is 48.9 Å². The molecule has 134 valence electrons. The van der Waals surface area contributed by atoms with Gasteiger partial charge in [-0.25, -0.2) is 4.79 Å². The van der Waals surface area contributed by atoms with Crippen LogP contribution in [0.3, 0.4) is 0 Å². The number of likely N-dealkylation sites (N-methyl/N-ethyl adjacent to an activating group) is 1. The van der Waals surface area contributed by atoms with Gasteiger partial charge in [-0.3, -0.25) is 0 Å². The monoisotopic (exact) mass is 344 g/mol. The normalized spacial score (nSPS) is 22.4. The van der Waals surface area contributed by atoms with Gasteiger partial charge in [0.25, 0.3) is 0 Å². The van der Waals surface area contributed by atoms with E-state index in [0.29, 0.717) is 36.5 Å².